The Hall–Kier alpha value is -1.17. The summed E-state index contributed by atoms with van der Waals surface area (Å²) in [5.41, 5.74) is 14.0. The Bertz CT molecular complexity index is 1210. The molecule has 0 radical (unpaired) electrons. The Morgan fingerprint density at radius 2 is 0.705 bits per heavy atom. The molecule has 0 unspecified atom stereocenters. The van der Waals surface area contributed by atoms with Gasteiger partial charge >= 0.3 is 205 Å². The predicted molar refractivity (Wildman–Crippen MR) is 188 cm³/mol. The maximum Gasteiger partial charge on any atom is 0 e. The normalized spacial score (nSPS) is 17.1. The number of benzene rings is 2. The molecule has 44 heavy (non-hydrogen) atoms. The molecule has 2 aromatic carbocycles. The van der Waals surface area contributed by atoms with Gasteiger partial charge in [-0.15, -0.1) is 0 Å². The van der Waals surface area contributed by atoms with Crippen LogP contribution < -0.4 is 0 Å². The summed E-state index contributed by atoms with van der Waals surface area (Å²) in [7, 11) is 0. The van der Waals surface area contributed by atoms with E-state index in [0.717, 1.165) is 0 Å². The average molecular weight is 661 g/mol. The largest absolute Gasteiger partial charge is 0.0622 e. The second-order valence-electron chi connectivity index (χ2n) is 12.2. The molecule has 0 bridgehead atoms. The van der Waals surface area contributed by atoms with Crippen molar-refractivity contribution in [2.45, 2.75) is 133 Å². The van der Waals surface area contributed by atoms with Gasteiger partial charge in [0.15, 0.2) is 0 Å². The molecule has 0 nitrogen and oxygen atoms in total. The number of hydrogen-bond acceptors (Lipinski definition) is 0. The fourth-order valence-corrected chi connectivity index (χ4v) is 12.9. The van der Waals surface area contributed by atoms with Gasteiger partial charge in [-0.25, -0.2) is 0 Å². The van der Waals surface area contributed by atoms with Crippen LogP contribution in [-0.4, -0.2) is 0 Å². The molecule has 4 rings (SSSR count). The third kappa shape index (κ3) is 7.20. The zero-order valence-corrected chi connectivity index (χ0v) is 33.0. The van der Waals surface area contributed by atoms with Crippen LogP contribution in [0.1, 0.15) is 133 Å². The second kappa shape index (κ2) is 18.2. The molecule has 0 spiro atoms. The van der Waals surface area contributed by atoms with E-state index in [-0.39, 0.29) is 40.9 Å². The van der Waals surface area contributed by atoms with E-state index in [1.807, 2.05) is 31.0 Å². The van der Waals surface area contributed by atoms with Crippen LogP contribution in [0.2, 0.25) is 0 Å². The zero-order chi connectivity index (χ0) is 31.6. The molecular weight excluding hydrogens is 600 g/mol. The minimum Gasteiger partial charge on any atom is -0.0622 e. The average Bonchev–Trinajstić information content (AvgIpc) is 3.50. The van der Waals surface area contributed by atoms with E-state index in [1.165, 1.54) is 75.3 Å². The van der Waals surface area contributed by atoms with Crippen molar-refractivity contribution in [1.29, 1.82) is 0 Å². The summed E-state index contributed by atoms with van der Waals surface area (Å²) in [5.74, 6) is 0. The van der Waals surface area contributed by atoms with Crippen molar-refractivity contribution < 1.29 is 40.9 Å². The van der Waals surface area contributed by atoms with Gasteiger partial charge in [-0.3, -0.25) is 0 Å². The first-order chi connectivity index (χ1) is 20.9. The second-order valence-corrected chi connectivity index (χ2v) is 14.1. The molecule has 2 heteroatoms. The summed E-state index contributed by atoms with van der Waals surface area (Å²) in [5, 5.41) is 0. The zero-order valence-electron chi connectivity index (χ0n) is 29.8. The minimum atomic E-state index is -0.322. The molecule has 236 valence electrons. The number of hydrogen-bond donors (Lipinski definition) is 0. The predicted octanol–water partition coefficient (Wildman–Crippen LogP) is 13.6. The summed E-state index contributed by atoms with van der Waals surface area (Å²) in [6.45, 7) is 24.4. The summed E-state index contributed by atoms with van der Waals surface area (Å²) in [4.78, 5) is 0. The Morgan fingerprint density at radius 3 is 0.932 bits per heavy atom. The van der Waals surface area contributed by atoms with Crippen LogP contribution in [0.25, 0.3) is 11.1 Å². The maximum absolute atomic E-state index is 2.47. The van der Waals surface area contributed by atoms with Crippen LogP contribution >= 0.6 is 0 Å². The molecule has 0 atom stereocenters. The molecule has 0 aliphatic heterocycles. The Labute approximate surface area is 296 Å². The molecule has 0 saturated carbocycles. The van der Waals surface area contributed by atoms with Gasteiger partial charge in [-0.1, -0.05) is 60.7 Å². The van der Waals surface area contributed by atoms with Crippen molar-refractivity contribution in [1.82, 2.24) is 0 Å². The van der Waals surface area contributed by atoms with Crippen molar-refractivity contribution in [3.05, 3.63) is 102 Å². The fourth-order valence-electron chi connectivity index (χ4n) is 8.70. The van der Waals surface area contributed by atoms with Crippen LogP contribution in [0.5, 0.6) is 0 Å². The van der Waals surface area contributed by atoms with Gasteiger partial charge < -0.3 is 0 Å². The standard InChI is InChI=1S/2C15H25.C12H10.2Ti/c2*1-6-12-11-15(9-4,10-5)14(8-3)13(12)7-2;1-3-7-11(8-4-1)12-9-5-2-6-10-12;;/h2*6-10H2,1-5H3;1-10H;;. The summed E-state index contributed by atoms with van der Waals surface area (Å²) >= 11 is -0.322. The molecule has 2 aliphatic carbocycles. The van der Waals surface area contributed by atoms with Crippen molar-refractivity contribution in [2.24, 2.45) is 10.8 Å². The van der Waals surface area contributed by atoms with E-state index in [0.29, 0.717) is 10.8 Å². The van der Waals surface area contributed by atoms with E-state index < -0.39 is 0 Å². The van der Waals surface area contributed by atoms with E-state index >= 15 is 0 Å². The van der Waals surface area contributed by atoms with E-state index in [2.05, 4.69) is 118 Å². The Balaban J connectivity index is 0.000000430. The first-order valence-corrected chi connectivity index (χ1v) is 19.2. The van der Waals surface area contributed by atoms with Crippen molar-refractivity contribution in [3.63, 3.8) is 0 Å². The number of allylic oxidation sites excluding steroid dienone is 8. The quantitative estimate of drug-likeness (QED) is 0.188. The van der Waals surface area contributed by atoms with E-state index in [4.69, 9.17) is 0 Å². The van der Waals surface area contributed by atoms with Crippen LogP contribution in [0.3, 0.4) is 0 Å². The van der Waals surface area contributed by atoms with Gasteiger partial charge in [-0.2, -0.15) is 0 Å². The van der Waals surface area contributed by atoms with Crippen LogP contribution in [0, 0.1) is 10.8 Å². The summed E-state index contributed by atoms with van der Waals surface area (Å²) in [6.07, 6.45) is 12.5. The monoisotopic (exact) mass is 660 g/mol. The molecule has 2 aromatic rings. The molecule has 0 aromatic heterocycles. The van der Waals surface area contributed by atoms with Crippen LogP contribution in [0.15, 0.2) is 102 Å². The first-order valence-electron chi connectivity index (χ1n) is 17.7. The van der Waals surface area contributed by atoms with Crippen molar-refractivity contribution in [2.75, 3.05) is 0 Å². The maximum atomic E-state index is 2.47. The summed E-state index contributed by atoms with van der Waals surface area (Å²) in [6, 6.07) is 20.8. The van der Waals surface area contributed by atoms with Gasteiger partial charge in [0.05, 0.1) is 0 Å². The Kier molecular flexibility index (Phi) is 16.2. The van der Waals surface area contributed by atoms with E-state index in [1.54, 1.807) is 22.3 Å². The fraction of sp³-hybridized carbons (Fsp3) is 0.524. The minimum absolute atomic E-state index is 0. The smallest absolute Gasteiger partial charge is 0 e. The molecule has 2 aliphatic rings. The van der Waals surface area contributed by atoms with E-state index in [9.17, 15) is 0 Å². The van der Waals surface area contributed by atoms with Gasteiger partial charge in [-0.05, 0) is 11.1 Å². The van der Waals surface area contributed by atoms with Gasteiger partial charge in [0, 0.05) is 21.7 Å². The molecule has 0 fully saturated rings. The Morgan fingerprint density at radius 1 is 0.409 bits per heavy atom. The van der Waals surface area contributed by atoms with Gasteiger partial charge in [0.1, 0.15) is 0 Å². The third-order valence-corrected chi connectivity index (χ3v) is 14.1. The van der Waals surface area contributed by atoms with Gasteiger partial charge in [0.2, 0.25) is 0 Å². The molecule has 0 saturated heterocycles. The molecule has 0 amide bonds. The summed E-state index contributed by atoms with van der Waals surface area (Å²) < 4.78 is 3.88. The van der Waals surface area contributed by atoms with Crippen molar-refractivity contribution >= 4 is 0 Å². The van der Waals surface area contributed by atoms with Crippen LogP contribution in [-0.2, 0) is 40.9 Å². The first kappa shape index (κ1) is 39.0. The van der Waals surface area contributed by atoms with Crippen LogP contribution in [0.4, 0.5) is 0 Å². The molecular formula is C42H60Ti2. The topological polar surface area (TPSA) is 0 Å². The molecule has 0 heterocycles. The SMILES string of the molecule is CCC1=C(CC)C(CC)(CC)[C]([Ti][C]2=C(CC)C(CC)=C(CC)C2(CC)CC)=C1CC.[Ti].c1ccc(-c2ccccc2)cc1. The van der Waals surface area contributed by atoms with Gasteiger partial charge in [0.25, 0.3) is 0 Å². The number of rotatable bonds is 13. The van der Waals surface area contributed by atoms with Crippen molar-refractivity contribution in [3.8, 4) is 11.1 Å². The molecule has 0 N–H and O–H groups in total. The third-order valence-electron chi connectivity index (χ3n) is 10.8.